The van der Waals surface area contributed by atoms with E-state index in [-0.39, 0.29) is 11.7 Å². The first kappa shape index (κ1) is 22.0. The molecular formula is C26H27FN2O3. The number of halogens is 1. The first-order chi connectivity index (χ1) is 15.6. The van der Waals surface area contributed by atoms with Crippen molar-refractivity contribution < 1.29 is 18.7 Å². The normalized spacial score (nSPS) is 15.2. The molecule has 4 rings (SSSR count). The molecule has 5 nitrogen and oxygen atoms in total. The number of carbonyl (C=O) groups excluding carboxylic acids is 1. The van der Waals surface area contributed by atoms with Crippen LogP contribution in [0.25, 0.3) is 11.1 Å². The summed E-state index contributed by atoms with van der Waals surface area (Å²) in [4.78, 5) is 17.4. The number of nitrogens with one attached hydrogen (secondary N) is 1. The van der Waals surface area contributed by atoms with Crippen LogP contribution in [0.4, 0.5) is 4.39 Å². The quantitative estimate of drug-likeness (QED) is 0.593. The van der Waals surface area contributed by atoms with E-state index in [0.29, 0.717) is 50.3 Å². The highest BCUT2D eigenvalue weighted by atomic mass is 19.1. The third kappa shape index (κ3) is 4.97. The van der Waals surface area contributed by atoms with Crippen LogP contribution < -0.4 is 10.1 Å². The van der Waals surface area contributed by atoms with Crippen molar-refractivity contribution in [1.29, 1.82) is 0 Å². The van der Waals surface area contributed by atoms with Crippen molar-refractivity contribution in [1.82, 2.24) is 10.3 Å². The summed E-state index contributed by atoms with van der Waals surface area (Å²) in [5, 5.41) is 3.10. The van der Waals surface area contributed by atoms with Gasteiger partial charge in [-0.15, -0.1) is 0 Å². The van der Waals surface area contributed by atoms with Gasteiger partial charge in [0.05, 0.1) is 12.5 Å². The SMILES string of the molecule is COc1ccc(F)cc1-c1ccc(CC2(C(=O)NCc3cccnc3)CCOCC2)cc1. The number of amides is 1. The van der Waals surface area contributed by atoms with Gasteiger partial charge in [-0.3, -0.25) is 9.78 Å². The average Bonchev–Trinajstić information content (AvgIpc) is 2.84. The Labute approximate surface area is 187 Å². The van der Waals surface area contributed by atoms with E-state index in [1.165, 1.54) is 12.1 Å². The number of methoxy groups -OCH3 is 1. The number of pyridine rings is 1. The summed E-state index contributed by atoms with van der Waals surface area (Å²) in [5.74, 6) is 0.353. The standard InChI is InChI=1S/C26H27FN2O3/c1-31-24-9-8-22(27)15-23(24)21-6-4-19(5-7-21)16-26(10-13-32-14-11-26)25(30)29-18-20-3-2-12-28-17-20/h2-9,12,15,17H,10-11,13-14,16,18H2,1H3,(H,29,30). The number of hydrogen-bond acceptors (Lipinski definition) is 4. The Morgan fingerprint density at radius 2 is 1.91 bits per heavy atom. The van der Waals surface area contributed by atoms with Gasteiger partial charge in [0.1, 0.15) is 11.6 Å². The molecule has 1 aromatic heterocycles. The van der Waals surface area contributed by atoms with Crippen LogP contribution in [-0.4, -0.2) is 31.2 Å². The fourth-order valence-electron chi connectivity index (χ4n) is 4.22. The van der Waals surface area contributed by atoms with Crippen molar-refractivity contribution in [3.8, 4) is 16.9 Å². The zero-order chi connectivity index (χ0) is 22.4. The predicted molar refractivity (Wildman–Crippen MR) is 121 cm³/mol. The molecule has 0 atom stereocenters. The summed E-state index contributed by atoms with van der Waals surface area (Å²) in [7, 11) is 1.57. The van der Waals surface area contributed by atoms with Crippen molar-refractivity contribution in [2.45, 2.75) is 25.8 Å². The lowest BCUT2D eigenvalue weighted by atomic mass is 9.74. The molecule has 1 aliphatic rings. The van der Waals surface area contributed by atoms with Crippen molar-refractivity contribution in [3.63, 3.8) is 0 Å². The van der Waals surface area contributed by atoms with Crippen LogP contribution in [0.2, 0.25) is 0 Å². The fraction of sp³-hybridized carbons (Fsp3) is 0.308. The molecule has 2 heterocycles. The van der Waals surface area contributed by atoms with E-state index in [2.05, 4.69) is 10.3 Å². The molecule has 0 bridgehead atoms. The molecule has 1 saturated heterocycles. The van der Waals surface area contributed by atoms with Gasteiger partial charge in [0, 0.05) is 37.7 Å². The van der Waals surface area contributed by atoms with E-state index in [1.54, 1.807) is 25.6 Å². The highest BCUT2D eigenvalue weighted by Crippen LogP contribution is 2.36. The van der Waals surface area contributed by atoms with Crippen LogP contribution in [0.3, 0.4) is 0 Å². The van der Waals surface area contributed by atoms with Crippen molar-refractivity contribution in [3.05, 3.63) is 83.9 Å². The molecule has 0 spiro atoms. The van der Waals surface area contributed by atoms with Gasteiger partial charge in [-0.25, -0.2) is 4.39 Å². The number of aromatic nitrogens is 1. The zero-order valence-corrected chi connectivity index (χ0v) is 18.1. The smallest absolute Gasteiger partial charge is 0.226 e. The van der Waals surface area contributed by atoms with E-state index in [1.807, 2.05) is 36.4 Å². The third-order valence-electron chi connectivity index (χ3n) is 6.08. The number of benzene rings is 2. The molecule has 1 N–H and O–H groups in total. The summed E-state index contributed by atoms with van der Waals surface area (Å²) in [6, 6.07) is 16.2. The van der Waals surface area contributed by atoms with Gasteiger partial charge >= 0.3 is 0 Å². The number of ether oxygens (including phenoxy) is 2. The van der Waals surface area contributed by atoms with E-state index in [0.717, 1.165) is 16.7 Å². The number of hydrogen-bond donors (Lipinski definition) is 1. The van der Waals surface area contributed by atoms with Gasteiger partial charge in [0.25, 0.3) is 0 Å². The minimum atomic E-state index is -0.515. The van der Waals surface area contributed by atoms with Crippen molar-refractivity contribution in [2.75, 3.05) is 20.3 Å². The Kier molecular flexibility index (Phi) is 6.81. The van der Waals surface area contributed by atoms with E-state index in [9.17, 15) is 9.18 Å². The molecule has 2 aromatic carbocycles. The average molecular weight is 435 g/mol. The summed E-state index contributed by atoms with van der Waals surface area (Å²) in [5.41, 5.74) is 3.08. The molecule has 0 aliphatic carbocycles. The lowest BCUT2D eigenvalue weighted by Gasteiger charge is -2.36. The summed E-state index contributed by atoms with van der Waals surface area (Å²) >= 11 is 0. The van der Waals surface area contributed by atoms with Gasteiger partial charge in [-0.2, -0.15) is 0 Å². The second-order valence-corrected chi connectivity index (χ2v) is 8.15. The van der Waals surface area contributed by atoms with E-state index in [4.69, 9.17) is 9.47 Å². The molecule has 1 fully saturated rings. The minimum absolute atomic E-state index is 0.0422. The maximum atomic E-state index is 13.8. The van der Waals surface area contributed by atoms with E-state index >= 15 is 0 Å². The lowest BCUT2D eigenvalue weighted by Crippen LogP contribution is -2.45. The molecule has 1 amide bonds. The molecule has 1 aliphatic heterocycles. The van der Waals surface area contributed by atoms with E-state index < -0.39 is 5.41 Å². The zero-order valence-electron chi connectivity index (χ0n) is 18.1. The molecule has 166 valence electrons. The number of nitrogens with zero attached hydrogens (tertiary/aromatic N) is 1. The minimum Gasteiger partial charge on any atom is -0.496 e. The Morgan fingerprint density at radius 3 is 2.59 bits per heavy atom. The Balaban J connectivity index is 1.51. The first-order valence-electron chi connectivity index (χ1n) is 10.8. The maximum absolute atomic E-state index is 13.8. The van der Waals surface area contributed by atoms with Crippen LogP contribution in [-0.2, 0) is 22.5 Å². The van der Waals surface area contributed by atoms with Gasteiger partial charge < -0.3 is 14.8 Å². The third-order valence-corrected chi connectivity index (χ3v) is 6.08. The van der Waals surface area contributed by atoms with Gasteiger partial charge in [-0.05, 0) is 60.2 Å². The number of rotatable bonds is 7. The lowest BCUT2D eigenvalue weighted by molar-refractivity contribution is -0.136. The van der Waals surface area contributed by atoms with Crippen LogP contribution in [0, 0.1) is 11.2 Å². The van der Waals surface area contributed by atoms with Crippen LogP contribution in [0.5, 0.6) is 5.75 Å². The molecule has 0 radical (unpaired) electrons. The monoisotopic (exact) mass is 434 g/mol. The van der Waals surface area contributed by atoms with Crippen LogP contribution >= 0.6 is 0 Å². The van der Waals surface area contributed by atoms with Gasteiger partial charge in [-0.1, -0.05) is 30.3 Å². The Morgan fingerprint density at radius 1 is 1.12 bits per heavy atom. The van der Waals surface area contributed by atoms with Crippen molar-refractivity contribution in [2.24, 2.45) is 5.41 Å². The highest BCUT2D eigenvalue weighted by Gasteiger charge is 2.40. The Bertz CT molecular complexity index is 1050. The van der Waals surface area contributed by atoms with Gasteiger partial charge in [0.15, 0.2) is 0 Å². The second kappa shape index (κ2) is 9.92. The molecule has 3 aromatic rings. The predicted octanol–water partition coefficient (Wildman–Crippen LogP) is 4.55. The van der Waals surface area contributed by atoms with Gasteiger partial charge in [0.2, 0.25) is 5.91 Å². The summed E-state index contributed by atoms with van der Waals surface area (Å²) < 4.78 is 24.7. The summed E-state index contributed by atoms with van der Waals surface area (Å²) in [6.45, 7) is 1.59. The molecular weight excluding hydrogens is 407 g/mol. The molecule has 6 heteroatoms. The molecule has 0 saturated carbocycles. The highest BCUT2D eigenvalue weighted by molar-refractivity contribution is 5.83. The van der Waals surface area contributed by atoms with Crippen LogP contribution in [0.15, 0.2) is 67.0 Å². The van der Waals surface area contributed by atoms with Crippen molar-refractivity contribution >= 4 is 5.91 Å². The number of carbonyl (C=O) groups is 1. The topological polar surface area (TPSA) is 60.5 Å². The molecule has 32 heavy (non-hydrogen) atoms. The second-order valence-electron chi connectivity index (χ2n) is 8.15. The maximum Gasteiger partial charge on any atom is 0.226 e. The first-order valence-corrected chi connectivity index (χ1v) is 10.8. The van der Waals surface area contributed by atoms with Crippen LogP contribution in [0.1, 0.15) is 24.0 Å². The Hall–Kier alpha value is -3.25. The molecule has 0 unspecified atom stereocenters. The summed E-state index contributed by atoms with van der Waals surface area (Å²) in [6.07, 6.45) is 5.44. The largest absolute Gasteiger partial charge is 0.496 e. The fourth-order valence-corrected chi connectivity index (χ4v) is 4.22.